The largest absolute Gasteiger partial charge is 0.394 e. The topological polar surface area (TPSA) is 49.5 Å². The number of nitrogens with two attached hydrogens (primary N) is 1. The maximum atomic E-state index is 9.49. The number of hydrogen-bond acceptors (Lipinski definition) is 3. The van der Waals surface area contributed by atoms with Gasteiger partial charge in [-0.1, -0.05) is 25.0 Å². The van der Waals surface area contributed by atoms with Gasteiger partial charge in [0.25, 0.3) is 0 Å². The third kappa shape index (κ3) is 2.99. The van der Waals surface area contributed by atoms with Crippen LogP contribution < -0.4 is 10.6 Å². The molecule has 1 heterocycles. The Morgan fingerprint density at radius 1 is 1.18 bits per heavy atom. The molecule has 0 radical (unpaired) electrons. The summed E-state index contributed by atoms with van der Waals surface area (Å²) in [5.41, 5.74) is 7.97. The Balaban J connectivity index is 2.16. The third-order valence-electron chi connectivity index (χ3n) is 3.59. The molecule has 0 spiro atoms. The standard InChI is InChI=1S/C14H22N2O/c15-10-12-5-7-13(8-6-12)16-9-3-1-2-4-14(16)11-17/h5-8,14,17H,1-4,9-11,15H2. The van der Waals surface area contributed by atoms with E-state index >= 15 is 0 Å². The summed E-state index contributed by atoms with van der Waals surface area (Å²) < 4.78 is 0. The normalized spacial score (nSPS) is 21.3. The van der Waals surface area contributed by atoms with Crippen molar-refractivity contribution in [2.45, 2.75) is 38.3 Å². The van der Waals surface area contributed by atoms with Gasteiger partial charge >= 0.3 is 0 Å². The van der Waals surface area contributed by atoms with E-state index < -0.39 is 0 Å². The molecule has 1 unspecified atom stereocenters. The Morgan fingerprint density at radius 3 is 2.59 bits per heavy atom. The summed E-state index contributed by atoms with van der Waals surface area (Å²) in [5, 5.41) is 9.49. The fourth-order valence-corrected chi connectivity index (χ4v) is 2.53. The van der Waals surface area contributed by atoms with Crippen LogP contribution in [0.4, 0.5) is 5.69 Å². The monoisotopic (exact) mass is 234 g/mol. The number of aliphatic hydroxyl groups is 1. The summed E-state index contributed by atoms with van der Waals surface area (Å²) in [6.45, 7) is 1.88. The first-order valence-corrected chi connectivity index (χ1v) is 6.51. The molecule has 1 saturated heterocycles. The number of hydrogen-bond donors (Lipinski definition) is 2. The first-order valence-electron chi connectivity index (χ1n) is 6.51. The lowest BCUT2D eigenvalue weighted by Gasteiger charge is -2.31. The van der Waals surface area contributed by atoms with Gasteiger partial charge in [0.2, 0.25) is 0 Å². The van der Waals surface area contributed by atoms with Gasteiger partial charge in [-0.25, -0.2) is 0 Å². The average Bonchev–Trinajstić information content (AvgIpc) is 2.64. The second-order valence-electron chi connectivity index (χ2n) is 4.75. The van der Waals surface area contributed by atoms with Crippen molar-refractivity contribution in [1.29, 1.82) is 0 Å². The number of nitrogens with zero attached hydrogens (tertiary/aromatic N) is 1. The molecule has 17 heavy (non-hydrogen) atoms. The van der Waals surface area contributed by atoms with Crippen LogP contribution in [0.25, 0.3) is 0 Å². The van der Waals surface area contributed by atoms with Crippen LogP contribution in [0.2, 0.25) is 0 Å². The van der Waals surface area contributed by atoms with Gasteiger partial charge in [0.15, 0.2) is 0 Å². The van der Waals surface area contributed by atoms with Crippen molar-refractivity contribution < 1.29 is 5.11 Å². The van der Waals surface area contributed by atoms with Crippen LogP contribution >= 0.6 is 0 Å². The summed E-state index contributed by atoms with van der Waals surface area (Å²) in [4.78, 5) is 2.34. The Labute approximate surface area is 103 Å². The average molecular weight is 234 g/mol. The molecule has 1 aromatic carbocycles. The summed E-state index contributed by atoms with van der Waals surface area (Å²) in [6, 6.07) is 8.68. The molecule has 94 valence electrons. The minimum absolute atomic E-state index is 0.249. The molecule has 0 aliphatic carbocycles. The molecule has 3 N–H and O–H groups in total. The fraction of sp³-hybridized carbons (Fsp3) is 0.571. The second-order valence-corrected chi connectivity index (χ2v) is 4.75. The van der Waals surface area contributed by atoms with Crippen LogP contribution in [0, 0.1) is 0 Å². The SMILES string of the molecule is NCc1ccc(N2CCCCCC2CO)cc1. The highest BCUT2D eigenvalue weighted by Gasteiger charge is 2.20. The van der Waals surface area contributed by atoms with E-state index in [9.17, 15) is 5.11 Å². The van der Waals surface area contributed by atoms with E-state index in [4.69, 9.17) is 5.73 Å². The van der Waals surface area contributed by atoms with Crippen molar-refractivity contribution >= 4 is 5.69 Å². The van der Waals surface area contributed by atoms with Gasteiger partial charge in [0, 0.05) is 18.8 Å². The molecule has 3 nitrogen and oxygen atoms in total. The minimum Gasteiger partial charge on any atom is -0.394 e. The van der Waals surface area contributed by atoms with Gasteiger partial charge in [-0.2, -0.15) is 0 Å². The van der Waals surface area contributed by atoms with E-state index in [2.05, 4.69) is 29.2 Å². The minimum atomic E-state index is 0.249. The number of rotatable bonds is 3. The van der Waals surface area contributed by atoms with Crippen LogP contribution in [0.3, 0.4) is 0 Å². The van der Waals surface area contributed by atoms with E-state index in [1.807, 2.05) is 0 Å². The predicted molar refractivity (Wildman–Crippen MR) is 71.0 cm³/mol. The maximum absolute atomic E-state index is 9.49. The first kappa shape index (κ1) is 12.4. The number of benzene rings is 1. The molecule has 0 bridgehead atoms. The maximum Gasteiger partial charge on any atom is 0.0635 e. The van der Waals surface area contributed by atoms with Crippen molar-refractivity contribution in [1.82, 2.24) is 0 Å². The van der Waals surface area contributed by atoms with Gasteiger partial charge in [-0.3, -0.25) is 0 Å². The zero-order chi connectivity index (χ0) is 12.1. The zero-order valence-corrected chi connectivity index (χ0v) is 10.3. The summed E-state index contributed by atoms with van der Waals surface area (Å²) in [5.74, 6) is 0. The molecule has 0 amide bonds. The van der Waals surface area contributed by atoms with Crippen molar-refractivity contribution in [3.63, 3.8) is 0 Å². The van der Waals surface area contributed by atoms with Gasteiger partial charge in [0.1, 0.15) is 0 Å². The smallest absolute Gasteiger partial charge is 0.0635 e. The highest BCUT2D eigenvalue weighted by Crippen LogP contribution is 2.24. The molecule has 3 heteroatoms. The van der Waals surface area contributed by atoms with Crippen molar-refractivity contribution in [3.8, 4) is 0 Å². The molecule has 1 fully saturated rings. The second kappa shape index (κ2) is 6.03. The molecule has 2 rings (SSSR count). The zero-order valence-electron chi connectivity index (χ0n) is 10.3. The van der Waals surface area contributed by atoms with Gasteiger partial charge in [-0.05, 0) is 30.5 Å². The van der Waals surface area contributed by atoms with Gasteiger partial charge < -0.3 is 15.7 Å². The third-order valence-corrected chi connectivity index (χ3v) is 3.59. The van der Waals surface area contributed by atoms with Crippen LogP contribution in [-0.4, -0.2) is 24.3 Å². The Morgan fingerprint density at radius 2 is 1.94 bits per heavy atom. The van der Waals surface area contributed by atoms with Gasteiger partial charge in [-0.15, -0.1) is 0 Å². The molecule has 1 aromatic rings. The van der Waals surface area contributed by atoms with E-state index in [1.165, 1.54) is 24.9 Å². The summed E-state index contributed by atoms with van der Waals surface area (Å²) in [7, 11) is 0. The highest BCUT2D eigenvalue weighted by atomic mass is 16.3. The lowest BCUT2D eigenvalue weighted by atomic mass is 10.1. The van der Waals surface area contributed by atoms with E-state index in [1.54, 1.807) is 0 Å². The van der Waals surface area contributed by atoms with Crippen molar-refractivity contribution in [2.75, 3.05) is 18.1 Å². The molecular formula is C14H22N2O. The lowest BCUT2D eigenvalue weighted by molar-refractivity contribution is 0.255. The van der Waals surface area contributed by atoms with Crippen LogP contribution in [0.1, 0.15) is 31.2 Å². The summed E-state index contributed by atoms with van der Waals surface area (Å²) in [6.07, 6.45) is 4.81. The Bertz CT molecular complexity index is 337. The molecule has 0 aromatic heterocycles. The van der Waals surface area contributed by atoms with Crippen LogP contribution in [-0.2, 0) is 6.54 Å². The van der Waals surface area contributed by atoms with Crippen LogP contribution in [0.5, 0.6) is 0 Å². The molecular weight excluding hydrogens is 212 g/mol. The van der Waals surface area contributed by atoms with Crippen molar-refractivity contribution in [2.24, 2.45) is 5.73 Å². The number of anilines is 1. The highest BCUT2D eigenvalue weighted by molar-refractivity contribution is 5.48. The molecule has 0 saturated carbocycles. The Kier molecular flexibility index (Phi) is 4.40. The molecule has 1 aliphatic rings. The number of aliphatic hydroxyl groups excluding tert-OH is 1. The Hall–Kier alpha value is -1.06. The quantitative estimate of drug-likeness (QED) is 0.839. The van der Waals surface area contributed by atoms with E-state index in [0.29, 0.717) is 6.54 Å². The molecule has 1 atom stereocenters. The summed E-state index contributed by atoms with van der Waals surface area (Å²) >= 11 is 0. The molecule has 1 aliphatic heterocycles. The lowest BCUT2D eigenvalue weighted by Crippen LogP contribution is -2.37. The van der Waals surface area contributed by atoms with Crippen LogP contribution in [0.15, 0.2) is 24.3 Å². The van der Waals surface area contributed by atoms with Crippen molar-refractivity contribution in [3.05, 3.63) is 29.8 Å². The fourth-order valence-electron chi connectivity index (χ4n) is 2.53. The van der Waals surface area contributed by atoms with Gasteiger partial charge in [0.05, 0.1) is 12.6 Å². The first-order chi connectivity index (χ1) is 8.35. The van der Waals surface area contributed by atoms with E-state index in [-0.39, 0.29) is 12.6 Å². The predicted octanol–water partition coefficient (Wildman–Crippen LogP) is 1.89. The van der Waals surface area contributed by atoms with E-state index in [0.717, 1.165) is 18.5 Å².